The second kappa shape index (κ2) is 7.06. The molecular formula is C29H17BrN2O. The summed E-state index contributed by atoms with van der Waals surface area (Å²) in [6, 6.07) is 32.0. The highest BCUT2D eigenvalue weighted by atomic mass is 79.9. The molecule has 0 aliphatic carbocycles. The molecule has 3 nitrogen and oxygen atoms in total. The fourth-order valence-electron chi connectivity index (χ4n) is 4.85. The van der Waals surface area contributed by atoms with Crippen LogP contribution in [0.15, 0.2) is 112 Å². The van der Waals surface area contributed by atoms with E-state index in [1.807, 2.05) is 24.5 Å². The number of pyridine rings is 1. The van der Waals surface area contributed by atoms with Gasteiger partial charge in [0.25, 0.3) is 0 Å². The average Bonchev–Trinajstić information content (AvgIpc) is 3.38. The van der Waals surface area contributed by atoms with Crippen LogP contribution in [0.25, 0.3) is 60.6 Å². The molecule has 0 unspecified atom stereocenters. The Morgan fingerprint density at radius 1 is 0.636 bits per heavy atom. The lowest BCUT2D eigenvalue weighted by molar-refractivity contribution is 0.668. The molecule has 156 valence electrons. The van der Waals surface area contributed by atoms with Crippen LogP contribution in [0.5, 0.6) is 0 Å². The van der Waals surface area contributed by atoms with Gasteiger partial charge >= 0.3 is 0 Å². The quantitative estimate of drug-likeness (QED) is 0.244. The van der Waals surface area contributed by atoms with Crippen LogP contribution in [0, 0.1) is 0 Å². The molecular weight excluding hydrogens is 472 g/mol. The number of hydrogen-bond acceptors (Lipinski definition) is 2. The Bertz CT molecular complexity index is 1830. The zero-order chi connectivity index (χ0) is 21.9. The first-order chi connectivity index (χ1) is 16.3. The maximum absolute atomic E-state index is 6.07. The fraction of sp³-hybridized carbons (Fsp3) is 0. The lowest BCUT2D eigenvalue weighted by Gasteiger charge is -2.07. The molecule has 0 aliphatic rings. The molecule has 0 spiro atoms. The van der Waals surface area contributed by atoms with Gasteiger partial charge in [0.15, 0.2) is 0 Å². The predicted molar refractivity (Wildman–Crippen MR) is 139 cm³/mol. The van der Waals surface area contributed by atoms with E-state index in [0.717, 1.165) is 32.1 Å². The average molecular weight is 489 g/mol. The number of aromatic nitrogens is 2. The number of furan rings is 1. The van der Waals surface area contributed by atoms with E-state index in [1.54, 1.807) is 0 Å². The summed E-state index contributed by atoms with van der Waals surface area (Å²) in [5, 5.41) is 4.73. The van der Waals surface area contributed by atoms with E-state index < -0.39 is 0 Å². The van der Waals surface area contributed by atoms with E-state index in [9.17, 15) is 0 Å². The van der Waals surface area contributed by atoms with Crippen LogP contribution in [-0.2, 0) is 0 Å². The Labute approximate surface area is 198 Å². The summed E-state index contributed by atoms with van der Waals surface area (Å²) in [5.41, 5.74) is 7.58. The largest absolute Gasteiger partial charge is 0.456 e. The van der Waals surface area contributed by atoms with Crippen LogP contribution in [0.1, 0.15) is 0 Å². The van der Waals surface area contributed by atoms with Crippen LogP contribution in [-0.4, -0.2) is 9.55 Å². The summed E-state index contributed by atoms with van der Waals surface area (Å²) >= 11 is 3.54. The second-order valence-corrected chi connectivity index (χ2v) is 9.16. The Morgan fingerprint density at radius 2 is 1.45 bits per heavy atom. The zero-order valence-electron chi connectivity index (χ0n) is 17.5. The molecule has 4 aromatic carbocycles. The minimum Gasteiger partial charge on any atom is -0.456 e. The number of nitrogens with zero attached hydrogens (tertiary/aromatic N) is 2. The summed E-state index contributed by atoms with van der Waals surface area (Å²) < 4.78 is 9.37. The third-order valence-electron chi connectivity index (χ3n) is 6.34. The van der Waals surface area contributed by atoms with Crippen LogP contribution in [0.2, 0.25) is 0 Å². The lowest BCUT2D eigenvalue weighted by atomic mass is 10.0. The maximum atomic E-state index is 6.07. The highest BCUT2D eigenvalue weighted by Gasteiger charge is 2.14. The van der Waals surface area contributed by atoms with Gasteiger partial charge in [-0.2, -0.15) is 0 Å². The molecule has 0 saturated heterocycles. The molecule has 3 aromatic heterocycles. The van der Waals surface area contributed by atoms with Crippen LogP contribution in [0.4, 0.5) is 0 Å². The zero-order valence-corrected chi connectivity index (χ0v) is 19.1. The summed E-state index contributed by atoms with van der Waals surface area (Å²) in [5.74, 6) is 0. The van der Waals surface area contributed by atoms with E-state index in [2.05, 4.69) is 104 Å². The Balaban J connectivity index is 1.47. The molecule has 7 aromatic rings. The van der Waals surface area contributed by atoms with Crippen molar-refractivity contribution in [3.8, 4) is 16.8 Å². The van der Waals surface area contributed by atoms with Crippen molar-refractivity contribution in [2.75, 3.05) is 0 Å². The highest BCUT2D eigenvalue weighted by molar-refractivity contribution is 9.10. The first-order valence-corrected chi connectivity index (χ1v) is 11.6. The number of para-hydroxylation sites is 1. The first kappa shape index (κ1) is 18.7. The van der Waals surface area contributed by atoms with E-state index in [0.29, 0.717) is 0 Å². The minimum absolute atomic E-state index is 0.895. The number of halogens is 1. The van der Waals surface area contributed by atoms with E-state index in [4.69, 9.17) is 4.42 Å². The highest BCUT2D eigenvalue weighted by Crippen LogP contribution is 2.37. The third-order valence-corrected chi connectivity index (χ3v) is 6.84. The summed E-state index contributed by atoms with van der Waals surface area (Å²) in [4.78, 5) is 4.34. The molecule has 0 amide bonds. The molecule has 0 bridgehead atoms. The Morgan fingerprint density at radius 3 is 2.33 bits per heavy atom. The molecule has 0 atom stereocenters. The standard InChI is InChI=1S/C29H17BrN2O/c30-20-9-10-23-25-15-19(8-12-28(25)33-29(23)16-20)18-7-11-27-24(14-18)22-5-1-2-6-26(22)32(27)21-4-3-13-31-17-21/h1-17H. The molecule has 3 heterocycles. The van der Waals surface area contributed by atoms with Crippen molar-refractivity contribution < 1.29 is 4.42 Å². The van der Waals surface area contributed by atoms with Gasteiger partial charge in [-0.25, -0.2) is 0 Å². The topological polar surface area (TPSA) is 31.0 Å². The monoisotopic (exact) mass is 488 g/mol. The SMILES string of the molecule is Brc1ccc2c(c1)oc1ccc(-c3ccc4c(c3)c3ccccc3n4-c3cccnc3)cc12. The van der Waals surface area contributed by atoms with Crippen molar-refractivity contribution in [2.24, 2.45) is 0 Å². The van der Waals surface area contributed by atoms with Crippen molar-refractivity contribution in [1.82, 2.24) is 9.55 Å². The number of hydrogen-bond donors (Lipinski definition) is 0. The van der Waals surface area contributed by atoms with Gasteiger partial charge in [0, 0.05) is 32.2 Å². The van der Waals surface area contributed by atoms with Gasteiger partial charge in [-0.1, -0.05) is 46.3 Å². The van der Waals surface area contributed by atoms with Gasteiger partial charge in [0.05, 0.1) is 22.9 Å². The normalized spacial score (nSPS) is 11.8. The Hall–Kier alpha value is -3.89. The first-order valence-electron chi connectivity index (χ1n) is 10.8. The summed E-state index contributed by atoms with van der Waals surface area (Å²) in [7, 11) is 0. The van der Waals surface area contributed by atoms with Gasteiger partial charge in [-0.3, -0.25) is 4.98 Å². The van der Waals surface area contributed by atoms with Gasteiger partial charge in [0.2, 0.25) is 0 Å². The van der Waals surface area contributed by atoms with Crippen LogP contribution < -0.4 is 0 Å². The molecule has 7 rings (SSSR count). The molecule has 33 heavy (non-hydrogen) atoms. The predicted octanol–water partition coefficient (Wildman–Crippen LogP) is 8.51. The molecule has 0 radical (unpaired) electrons. The molecule has 0 aliphatic heterocycles. The van der Waals surface area contributed by atoms with Gasteiger partial charge in [-0.15, -0.1) is 0 Å². The van der Waals surface area contributed by atoms with Crippen molar-refractivity contribution in [1.29, 1.82) is 0 Å². The van der Waals surface area contributed by atoms with Crippen molar-refractivity contribution in [3.63, 3.8) is 0 Å². The minimum atomic E-state index is 0.895. The van der Waals surface area contributed by atoms with Gasteiger partial charge in [0.1, 0.15) is 11.2 Å². The molecule has 0 fully saturated rings. The van der Waals surface area contributed by atoms with Crippen molar-refractivity contribution in [3.05, 3.63) is 108 Å². The summed E-state index contributed by atoms with van der Waals surface area (Å²) in [6.07, 6.45) is 3.72. The molecule has 4 heteroatoms. The molecule has 0 N–H and O–H groups in total. The maximum Gasteiger partial charge on any atom is 0.136 e. The van der Waals surface area contributed by atoms with E-state index in [1.165, 1.54) is 32.9 Å². The van der Waals surface area contributed by atoms with Gasteiger partial charge < -0.3 is 8.98 Å². The second-order valence-electron chi connectivity index (χ2n) is 8.25. The van der Waals surface area contributed by atoms with Crippen LogP contribution >= 0.6 is 15.9 Å². The summed E-state index contributed by atoms with van der Waals surface area (Å²) in [6.45, 7) is 0. The lowest BCUT2D eigenvalue weighted by Crippen LogP contribution is -1.93. The van der Waals surface area contributed by atoms with E-state index in [-0.39, 0.29) is 0 Å². The number of rotatable bonds is 2. The van der Waals surface area contributed by atoms with E-state index >= 15 is 0 Å². The smallest absolute Gasteiger partial charge is 0.136 e. The Kier molecular flexibility index (Phi) is 3.99. The van der Waals surface area contributed by atoms with Gasteiger partial charge in [-0.05, 0) is 71.8 Å². The third kappa shape index (κ3) is 2.84. The fourth-order valence-corrected chi connectivity index (χ4v) is 5.19. The number of benzene rings is 4. The van der Waals surface area contributed by atoms with Crippen LogP contribution in [0.3, 0.4) is 0 Å². The van der Waals surface area contributed by atoms with Crippen molar-refractivity contribution >= 4 is 59.7 Å². The molecule has 0 saturated carbocycles. The van der Waals surface area contributed by atoms with Crippen molar-refractivity contribution in [2.45, 2.75) is 0 Å². The number of fused-ring (bicyclic) bond motifs is 6.